The van der Waals surface area contributed by atoms with Gasteiger partial charge in [-0.05, 0) is 40.2 Å². The molecular weight excluding hydrogens is 336 g/mol. The molecule has 1 heterocycles. The van der Waals surface area contributed by atoms with Crippen molar-refractivity contribution in [3.8, 4) is 5.75 Å². The molecule has 0 fully saturated rings. The Morgan fingerprint density at radius 2 is 2.19 bits per heavy atom. The first kappa shape index (κ1) is 15.2. The predicted molar refractivity (Wildman–Crippen MR) is 82.8 cm³/mol. The highest BCUT2D eigenvalue weighted by Crippen LogP contribution is 2.14. The van der Waals surface area contributed by atoms with Gasteiger partial charge in [0.25, 0.3) is 0 Å². The van der Waals surface area contributed by atoms with Crippen LogP contribution in [0.15, 0.2) is 52.1 Å². The smallest absolute Gasteiger partial charge is 0.354 e. The van der Waals surface area contributed by atoms with Gasteiger partial charge in [-0.1, -0.05) is 12.1 Å². The van der Waals surface area contributed by atoms with Crippen LogP contribution in [0.25, 0.3) is 0 Å². The second-order valence-electron chi connectivity index (χ2n) is 4.17. The van der Waals surface area contributed by atoms with Crippen LogP contribution < -0.4 is 4.74 Å². The number of carboxylic acids is 1. The van der Waals surface area contributed by atoms with E-state index >= 15 is 0 Å². The minimum Gasteiger partial charge on any atom is -0.497 e. The van der Waals surface area contributed by atoms with Gasteiger partial charge in [-0.25, -0.2) is 4.79 Å². The van der Waals surface area contributed by atoms with Crippen LogP contribution in [0.2, 0.25) is 0 Å². The zero-order valence-corrected chi connectivity index (χ0v) is 12.9. The minimum absolute atomic E-state index is 0.0152. The first-order valence-corrected chi connectivity index (χ1v) is 6.92. The third kappa shape index (κ3) is 4.13. The highest BCUT2D eigenvalue weighted by molar-refractivity contribution is 9.10. The van der Waals surface area contributed by atoms with E-state index in [4.69, 9.17) is 4.74 Å². The molecule has 5 nitrogen and oxygen atoms in total. The van der Waals surface area contributed by atoms with Gasteiger partial charge < -0.3 is 9.84 Å². The summed E-state index contributed by atoms with van der Waals surface area (Å²) in [7, 11) is 1.53. The Hall–Kier alpha value is -2.21. The Kier molecular flexibility index (Phi) is 5.05. The van der Waals surface area contributed by atoms with Crippen LogP contribution in [0.1, 0.15) is 11.3 Å². The highest BCUT2D eigenvalue weighted by atomic mass is 79.9. The van der Waals surface area contributed by atoms with E-state index in [2.05, 4.69) is 25.9 Å². The van der Waals surface area contributed by atoms with Crippen LogP contribution in [0.5, 0.6) is 5.75 Å². The Morgan fingerprint density at radius 1 is 1.38 bits per heavy atom. The molecule has 0 aliphatic heterocycles. The third-order valence-electron chi connectivity index (χ3n) is 2.73. The Morgan fingerprint density at radius 3 is 2.81 bits per heavy atom. The van der Waals surface area contributed by atoms with Crippen molar-refractivity contribution < 1.29 is 14.6 Å². The summed E-state index contributed by atoms with van der Waals surface area (Å²) in [6, 6.07) is 10.4. The molecule has 0 saturated heterocycles. The van der Waals surface area contributed by atoms with Gasteiger partial charge in [-0.15, -0.1) is 0 Å². The number of nitrogens with zero attached hydrogens (tertiary/aromatic N) is 2. The standard InChI is InChI=1S/C15H13BrN2O3/c1-21-13-4-2-3-10(7-13)14(15(19)20)18-9-12-6-5-11(16)8-17-12/h2-8H,9H2,1H3,(H,19,20). The molecule has 6 heteroatoms. The van der Waals surface area contributed by atoms with Gasteiger partial charge in [0.05, 0.1) is 19.3 Å². The molecule has 0 radical (unpaired) electrons. The predicted octanol–water partition coefficient (Wildman–Crippen LogP) is 2.93. The van der Waals surface area contributed by atoms with Crippen LogP contribution in [0.3, 0.4) is 0 Å². The van der Waals surface area contributed by atoms with Crippen molar-refractivity contribution in [1.82, 2.24) is 4.98 Å². The van der Waals surface area contributed by atoms with Crippen molar-refractivity contribution in [3.63, 3.8) is 0 Å². The molecule has 0 aliphatic carbocycles. The number of rotatable bonds is 5. The lowest BCUT2D eigenvalue weighted by molar-refractivity contribution is -0.129. The zero-order valence-electron chi connectivity index (χ0n) is 11.3. The molecule has 0 atom stereocenters. The number of ether oxygens (including phenoxy) is 1. The lowest BCUT2D eigenvalue weighted by atomic mass is 10.1. The molecule has 0 bridgehead atoms. The lowest BCUT2D eigenvalue weighted by Crippen LogP contribution is -2.15. The molecule has 2 aromatic rings. The average molecular weight is 349 g/mol. The van der Waals surface area contributed by atoms with Crippen LogP contribution in [0, 0.1) is 0 Å². The van der Waals surface area contributed by atoms with Gasteiger partial charge in [0, 0.05) is 16.2 Å². The maximum atomic E-state index is 11.4. The quantitative estimate of drug-likeness (QED) is 0.843. The molecule has 0 aliphatic rings. The van der Waals surface area contributed by atoms with Crippen molar-refractivity contribution in [2.45, 2.75) is 6.54 Å². The fraction of sp³-hybridized carbons (Fsp3) is 0.133. The molecule has 0 spiro atoms. The van der Waals surface area contributed by atoms with E-state index in [0.29, 0.717) is 17.0 Å². The van der Waals surface area contributed by atoms with Gasteiger partial charge in [-0.2, -0.15) is 0 Å². The maximum Gasteiger partial charge on any atom is 0.354 e. The van der Waals surface area contributed by atoms with Crippen molar-refractivity contribution in [1.29, 1.82) is 0 Å². The van der Waals surface area contributed by atoms with Gasteiger partial charge in [0.15, 0.2) is 5.71 Å². The number of halogens is 1. The first-order chi connectivity index (χ1) is 10.1. The summed E-state index contributed by atoms with van der Waals surface area (Å²) in [5.74, 6) is -0.497. The lowest BCUT2D eigenvalue weighted by Gasteiger charge is -2.05. The number of pyridine rings is 1. The SMILES string of the molecule is COc1cccc(C(=NCc2ccc(Br)cn2)C(=O)O)c1. The van der Waals surface area contributed by atoms with Crippen LogP contribution in [-0.2, 0) is 11.3 Å². The number of hydrogen-bond donors (Lipinski definition) is 1. The number of methoxy groups -OCH3 is 1. The molecule has 2 rings (SSSR count). The highest BCUT2D eigenvalue weighted by Gasteiger charge is 2.13. The molecule has 1 aromatic heterocycles. The summed E-state index contributed by atoms with van der Waals surface area (Å²) in [6.07, 6.45) is 1.65. The molecule has 21 heavy (non-hydrogen) atoms. The molecule has 0 unspecified atom stereocenters. The topological polar surface area (TPSA) is 71.8 Å². The van der Waals surface area contributed by atoms with Crippen molar-refractivity contribution in [2.24, 2.45) is 4.99 Å². The number of aromatic nitrogens is 1. The zero-order chi connectivity index (χ0) is 15.2. The van der Waals surface area contributed by atoms with Gasteiger partial charge in [0.2, 0.25) is 0 Å². The van der Waals surface area contributed by atoms with E-state index < -0.39 is 5.97 Å². The molecule has 108 valence electrons. The monoisotopic (exact) mass is 348 g/mol. The first-order valence-electron chi connectivity index (χ1n) is 6.13. The van der Waals surface area contributed by atoms with Gasteiger partial charge in [0.1, 0.15) is 5.75 Å². The third-order valence-corrected chi connectivity index (χ3v) is 3.20. The number of carboxylic acid groups (broad SMARTS) is 1. The molecule has 1 aromatic carbocycles. The van der Waals surface area contributed by atoms with Crippen molar-refractivity contribution in [2.75, 3.05) is 7.11 Å². The van der Waals surface area contributed by atoms with Crippen LogP contribution in [0.4, 0.5) is 0 Å². The molecule has 0 saturated carbocycles. The van der Waals surface area contributed by atoms with E-state index in [0.717, 1.165) is 4.47 Å². The van der Waals surface area contributed by atoms with E-state index in [9.17, 15) is 9.90 Å². The molecular formula is C15H13BrN2O3. The van der Waals surface area contributed by atoms with E-state index in [-0.39, 0.29) is 12.3 Å². The maximum absolute atomic E-state index is 11.4. The summed E-state index contributed by atoms with van der Waals surface area (Å²) in [5, 5.41) is 9.31. The van der Waals surface area contributed by atoms with E-state index in [1.807, 2.05) is 6.07 Å². The number of hydrogen-bond acceptors (Lipinski definition) is 4. The Bertz CT molecular complexity index is 669. The van der Waals surface area contributed by atoms with Gasteiger partial charge >= 0.3 is 5.97 Å². The summed E-state index contributed by atoms with van der Waals surface area (Å²) < 4.78 is 5.96. The second kappa shape index (κ2) is 6.99. The second-order valence-corrected chi connectivity index (χ2v) is 5.09. The van der Waals surface area contributed by atoms with Gasteiger partial charge in [-0.3, -0.25) is 9.98 Å². The Labute approximate surface area is 130 Å². The van der Waals surface area contributed by atoms with Crippen molar-refractivity contribution >= 4 is 27.6 Å². The number of benzene rings is 1. The normalized spacial score (nSPS) is 11.2. The van der Waals surface area contributed by atoms with Crippen LogP contribution in [-0.4, -0.2) is 28.9 Å². The average Bonchev–Trinajstić information content (AvgIpc) is 2.49. The van der Waals surface area contributed by atoms with E-state index in [1.165, 1.54) is 7.11 Å². The minimum atomic E-state index is -1.08. The number of aliphatic carboxylic acids is 1. The number of carbonyl (C=O) groups is 1. The largest absolute Gasteiger partial charge is 0.497 e. The number of aliphatic imine (C=N–C) groups is 1. The van der Waals surface area contributed by atoms with Crippen molar-refractivity contribution in [3.05, 3.63) is 58.3 Å². The summed E-state index contributed by atoms with van der Waals surface area (Å²) in [5.41, 5.74) is 1.18. The summed E-state index contributed by atoms with van der Waals surface area (Å²) >= 11 is 3.29. The fourth-order valence-corrected chi connectivity index (χ4v) is 1.95. The van der Waals surface area contributed by atoms with E-state index in [1.54, 1.807) is 36.5 Å². The Balaban J connectivity index is 2.27. The summed E-state index contributed by atoms with van der Waals surface area (Å²) in [4.78, 5) is 19.7. The molecule has 0 amide bonds. The summed E-state index contributed by atoms with van der Waals surface area (Å²) in [6.45, 7) is 0.201. The molecule has 1 N–H and O–H groups in total. The van der Waals surface area contributed by atoms with Crippen LogP contribution >= 0.6 is 15.9 Å². The fourth-order valence-electron chi connectivity index (χ4n) is 1.71.